The van der Waals surface area contributed by atoms with Crippen LogP contribution in [0.1, 0.15) is 5.56 Å². The fraction of sp³-hybridized carbons (Fsp3) is 0.100. The SMILES string of the molecule is Cc1cc(Br)c2c(=O)cc[nH]c2c1. The second-order valence-electron chi connectivity index (χ2n) is 3.01. The van der Waals surface area contributed by atoms with Gasteiger partial charge >= 0.3 is 0 Å². The summed E-state index contributed by atoms with van der Waals surface area (Å²) in [7, 11) is 0. The first-order valence-corrected chi connectivity index (χ1v) is 4.75. The minimum atomic E-state index is 0.0422. The standard InChI is InChI=1S/C10H8BrNO/c1-6-4-7(11)10-8(5-6)12-3-2-9(10)13/h2-5H,1H3,(H,12,13). The van der Waals surface area contributed by atoms with E-state index in [2.05, 4.69) is 20.9 Å². The van der Waals surface area contributed by atoms with Gasteiger partial charge in [0.05, 0.1) is 10.9 Å². The van der Waals surface area contributed by atoms with Crippen LogP contribution in [-0.4, -0.2) is 4.98 Å². The van der Waals surface area contributed by atoms with Gasteiger partial charge in [-0.2, -0.15) is 0 Å². The van der Waals surface area contributed by atoms with Crippen molar-refractivity contribution in [3.8, 4) is 0 Å². The Hall–Kier alpha value is -1.09. The van der Waals surface area contributed by atoms with Crippen molar-refractivity contribution in [2.24, 2.45) is 0 Å². The summed E-state index contributed by atoms with van der Waals surface area (Å²) in [5.41, 5.74) is 2.04. The van der Waals surface area contributed by atoms with Crippen LogP contribution in [0.15, 0.2) is 33.7 Å². The maximum atomic E-state index is 11.5. The van der Waals surface area contributed by atoms with Crippen molar-refractivity contribution in [1.82, 2.24) is 4.98 Å². The number of benzene rings is 1. The molecule has 0 aliphatic rings. The van der Waals surface area contributed by atoms with Gasteiger partial charge in [-0.3, -0.25) is 4.79 Å². The number of halogens is 1. The smallest absolute Gasteiger partial charge is 0.190 e. The molecule has 1 aromatic heterocycles. The third-order valence-electron chi connectivity index (χ3n) is 1.95. The molecule has 0 aliphatic heterocycles. The summed E-state index contributed by atoms with van der Waals surface area (Å²) in [4.78, 5) is 14.5. The van der Waals surface area contributed by atoms with Crippen molar-refractivity contribution in [2.75, 3.05) is 0 Å². The first-order chi connectivity index (χ1) is 6.18. The van der Waals surface area contributed by atoms with E-state index in [1.807, 2.05) is 19.1 Å². The molecule has 0 saturated carbocycles. The molecule has 66 valence electrons. The molecule has 2 rings (SSSR count). The van der Waals surface area contributed by atoms with Crippen LogP contribution < -0.4 is 5.43 Å². The summed E-state index contributed by atoms with van der Waals surface area (Å²) in [5, 5.41) is 0.716. The highest BCUT2D eigenvalue weighted by atomic mass is 79.9. The largest absolute Gasteiger partial charge is 0.361 e. The summed E-state index contributed by atoms with van der Waals surface area (Å²) in [6, 6.07) is 5.43. The van der Waals surface area contributed by atoms with Crippen molar-refractivity contribution in [3.05, 3.63) is 44.7 Å². The fourth-order valence-corrected chi connectivity index (χ4v) is 2.17. The average molecular weight is 238 g/mol. The normalized spacial score (nSPS) is 10.6. The van der Waals surface area contributed by atoms with Crippen molar-refractivity contribution in [2.45, 2.75) is 6.92 Å². The number of fused-ring (bicyclic) bond motifs is 1. The Morgan fingerprint density at radius 3 is 2.92 bits per heavy atom. The zero-order valence-electron chi connectivity index (χ0n) is 7.10. The topological polar surface area (TPSA) is 32.9 Å². The van der Waals surface area contributed by atoms with Crippen LogP contribution in [0.25, 0.3) is 10.9 Å². The van der Waals surface area contributed by atoms with Gasteiger partial charge in [-0.25, -0.2) is 0 Å². The second-order valence-corrected chi connectivity index (χ2v) is 3.87. The van der Waals surface area contributed by atoms with E-state index in [0.29, 0.717) is 5.39 Å². The van der Waals surface area contributed by atoms with Crippen LogP contribution >= 0.6 is 15.9 Å². The molecule has 13 heavy (non-hydrogen) atoms. The van der Waals surface area contributed by atoms with E-state index in [1.165, 1.54) is 6.07 Å². The van der Waals surface area contributed by atoms with E-state index in [1.54, 1.807) is 6.20 Å². The van der Waals surface area contributed by atoms with Crippen molar-refractivity contribution in [1.29, 1.82) is 0 Å². The van der Waals surface area contributed by atoms with Gasteiger partial charge in [0.1, 0.15) is 0 Å². The lowest BCUT2D eigenvalue weighted by Crippen LogP contribution is -2.00. The molecule has 0 bridgehead atoms. The van der Waals surface area contributed by atoms with Gasteiger partial charge in [-0.1, -0.05) is 0 Å². The maximum absolute atomic E-state index is 11.5. The van der Waals surface area contributed by atoms with Crippen LogP contribution in [0, 0.1) is 6.92 Å². The number of aromatic nitrogens is 1. The summed E-state index contributed by atoms with van der Waals surface area (Å²) < 4.78 is 0.851. The molecular formula is C10H8BrNO. The molecule has 0 amide bonds. The maximum Gasteiger partial charge on any atom is 0.190 e. The first kappa shape index (κ1) is 8.51. The molecule has 0 unspecified atom stereocenters. The zero-order valence-corrected chi connectivity index (χ0v) is 8.68. The minimum Gasteiger partial charge on any atom is -0.361 e. The third-order valence-corrected chi connectivity index (χ3v) is 2.58. The number of aryl methyl sites for hydroxylation is 1. The molecule has 1 aromatic carbocycles. The van der Waals surface area contributed by atoms with Gasteiger partial charge < -0.3 is 4.98 Å². The molecule has 0 saturated heterocycles. The van der Waals surface area contributed by atoms with Crippen LogP contribution in [0.3, 0.4) is 0 Å². The van der Waals surface area contributed by atoms with E-state index < -0.39 is 0 Å². The molecule has 1 heterocycles. The second kappa shape index (κ2) is 3.00. The van der Waals surface area contributed by atoms with Crippen LogP contribution in [-0.2, 0) is 0 Å². The predicted octanol–water partition coefficient (Wildman–Crippen LogP) is 2.60. The van der Waals surface area contributed by atoms with Crippen molar-refractivity contribution >= 4 is 26.8 Å². The van der Waals surface area contributed by atoms with E-state index in [0.717, 1.165) is 15.6 Å². The third kappa shape index (κ3) is 1.40. The van der Waals surface area contributed by atoms with Gasteiger partial charge in [-0.15, -0.1) is 0 Å². The average Bonchev–Trinajstić information content (AvgIpc) is 2.02. The fourth-order valence-electron chi connectivity index (χ4n) is 1.40. The molecule has 0 aliphatic carbocycles. The van der Waals surface area contributed by atoms with Crippen LogP contribution in [0.2, 0.25) is 0 Å². The number of aromatic amines is 1. The van der Waals surface area contributed by atoms with Gasteiger partial charge in [-0.05, 0) is 40.5 Å². The summed E-state index contributed by atoms with van der Waals surface area (Å²) in [6.45, 7) is 2.00. The number of pyridine rings is 1. The Bertz CT molecular complexity index is 516. The Balaban J connectivity index is 3.03. The highest BCUT2D eigenvalue weighted by Crippen LogP contribution is 2.20. The quantitative estimate of drug-likeness (QED) is 0.751. The van der Waals surface area contributed by atoms with E-state index in [4.69, 9.17) is 0 Å². The lowest BCUT2D eigenvalue weighted by molar-refractivity contribution is 1.36. The monoisotopic (exact) mass is 237 g/mol. The van der Waals surface area contributed by atoms with Crippen LogP contribution in [0.5, 0.6) is 0 Å². The molecule has 0 radical (unpaired) electrons. The number of rotatable bonds is 0. The molecule has 1 N–H and O–H groups in total. The Morgan fingerprint density at radius 2 is 2.15 bits per heavy atom. The van der Waals surface area contributed by atoms with Gasteiger partial charge in [0, 0.05) is 16.7 Å². The lowest BCUT2D eigenvalue weighted by Gasteiger charge is -2.00. The number of hydrogen-bond acceptors (Lipinski definition) is 1. The molecule has 0 atom stereocenters. The summed E-state index contributed by atoms with van der Waals surface area (Å²) in [5.74, 6) is 0. The Labute approximate surface area is 83.7 Å². The molecular weight excluding hydrogens is 230 g/mol. The van der Waals surface area contributed by atoms with Gasteiger partial charge in [0.2, 0.25) is 0 Å². The highest BCUT2D eigenvalue weighted by molar-refractivity contribution is 9.10. The first-order valence-electron chi connectivity index (χ1n) is 3.96. The number of hydrogen-bond donors (Lipinski definition) is 1. The zero-order chi connectivity index (χ0) is 9.42. The van der Waals surface area contributed by atoms with Gasteiger partial charge in [0.15, 0.2) is 5.43 Å². The van der Waals surface area contributed by atoms with Crippen LogP contribution in [0.4, 0.5) is 0 Å². The highest BCUT2D eigenvalue weighted by Gasteiger charge is 2.02. The molecule has 0 spiro atoms. The van der Waals surface area contributed by atoms with E-state index >= 15 is 0 Å². The number of H-pyrrole nitrogens is 1. The number of nitrogens with one attached hydrogen (secondary N) is 1. The van der Waals surface area contributed by atoms with E-state index in [-0.39, 0.29) is 5.43 Å². The summed E-state index contributed by atoms with van der Waals surface area (Å²) in [6.07, 6.45) is 1.66. The molecule has 3 heteroatoms. The summed E-state index contributed by atoms with van der Waals surface area (Å²) >= 11 is 3.38. The van der Waals surface area contributed by atoms with Crippen molar-refractivity contribution < 1.29 is 0 Å². The minimum absolute atomic E-state index is 0.0422. The molecule has 2 aromatic rings. The molecule has 0 fully saturated rings. The lowest BCUT2D eigenvalue weighted by atomic mass is 10.1. The Kier molecular flexibility index (Phi) is 1.96. The van der Waals surface area contributed by atoms with Crippen molar-refractivity contribution in [3.63, 3.8) is 0 Å². The Morgan fingerprint density at radius 1 is 1.38 bits per heavy atom. The predicted molar refractivity (Wildman–Crippen MR) is 57.0 cm³/mol. The van der Waals surface area contributed by atoms with Gasteiger partial charge in [0.25, 0.3) is 0 Å². The van der Waals surface area contributed by atoms with E-state index in [9.17, 15) is 4.79 Å². The molecule has 2 nitrogen and oxygen atoms in total.